The number of hydrogen-bond donors (Lipinski definition) is 0. The number of rotatable bonds is 2. The van der Waals surface area contributed by atoms with Gasteiger partial charge in [-0.2, -0.15) is 0 Å². The average molecular weight is 324 g/mol. The van der Waals surface area contributed by atoms with E-state index in [9.17, 15) is 4.79 Å². The van der Waals surface area contributed by atoms with E-state index in [-0.39, 0.29) is 5.78 Å². The van der Waals surface area contributed by atoms with Gasteiger partial charge in [0.05, 0.1) is 0 Å². The zero-order chi connectivity index (χ0) is 13.3. The van der Waals surface area contributed by atoms with E-state index in [0.29, 0.717) is 10.6 Å². The Morgan fingerprint density at radius 1 is 1.06 bits per heavy atom. The molecule has 0 spiro atoms. The molecule has 2 aromatic rings. The fraction of sp³-hybridized carbons (Fsp3) is 0.133. The maximum atomic E-state index is 12.4. The Bertz CT molecular complexity index is 620. The third kappa shape index (κ3) is 2.65. The van der Waals surface area contributed by atoms with Gasteiger partial charge in [0.15, 0.2) is 5.78 Å². The first-order chi connectivity index (χ1) is 8.49. The SMILES string of the molecule is Cc1cc(C(=O)c2ccc(Br)cc2C)ccc1Cl. The van der Waals surface area contributed by atoms with E-state index in [1.165, 1.54) is 0 Å². The molecule has 0 aliphatic heterocycles. The first-order valence-electron chi connectivity index (χ1n) is 5.56. The van der Waals surface area contributed by atoms with E-state index in [2.05, 4.69) is 15.9 Å². The second-order valence-corrected chi connectivity index (χ2v) is 5.58. The number of aryl methyl sites for hydroxylation is 2. The number of hydrogen-bond acceptors (Lipinski definition) is 1. The summed E-state index contributed by atoms with van der Waals surface area (Å²) >= 11 is 9.36. The highest BCUT2D eigenvalue weighted by Gasteiger charge is 2.12. The molecule has 3 heteroatoms. The lowest BCUT2D eigenvalue weighted by molar-refractivity contribution is 0.103. The van der Waals surface area contributed by atoms with Crippen LogP contribution in [-0.2, 0) is 0 Å². The van der Waals surface area contributed by atoms with Gasteiger partial charge >= 0.3 is 0 Å². The molecule has 92 valence electrons. The fourth-order valence-corrected chi connectivity index (χ4v) is 2.42. The molecule has 0 heterocycles. The molecule has 2 aromatic carbocycles. The van der Waals surface area contributed by atoms with Gasteiger partial charge in [-0.15, -0.1) is 0 Å². The molecule has 0 aromatic heterocycles. The standard InChI is InChI=1S/C15H12BrClO/c1-9-8-12(16)4-5-13(9)15(18)11-3-6-14(17)10(2)7-11/h3-8H,1-2H3. The predicted octanol–water partition coefficient (Wildman–Crippen LogP) is 4.95. The summed E-state index contributed by atoms with van der Waals surface area (Å²) in [6, 6.07) is 11.0. The van der Waals surface area contributed by atoms with Gasteiger partial charge in [-0.3, -0.25) is 4.79 Å². The molecule has 0 amide bonds. The molecule has 0 atom stereocenters. The molecule has 0 bridgehead atoms. The van der Waals surface area contributed by atoms with Crippen molar-refractivity contribution >= 4 is 33.3 Å². The first kappa shape index (κ1) is 13.3. The number of halogens is 2. The summed E-state index contributed by atoms with van der Waals surface area (Å²) in [4.78, 5) is 12.4. The summed E-state index contributed by atoms with van der Waals surface area (Å²) in [6.07, 6.45) is 0. The van der Waals surface area contributed by atoms with Crippen LogP contribution in [0.1, 0.15) is 27.0 Å². The van der Waals surface area contributed by atoms with Crippen molar-refractivity contribution in [2.75, 3.05) is 0 Å². The minimum atomic E-state index is 0.0276. The van der Waals surface area contributed by atoms with Crippen molar-refractivity contribution in [2.24, 2.45) is 0 Å². The van der Waals surface area contributed by atoms with Crippen LogP contribution in [0.5, 0.6) is 0 Å². The van der Waals surface area contributed by atoms with E-state index >= 15 is 0 Å². The number of carbonyl (C=O) groups is 1. The van der Waals surface area contributed by atoms with Gasteiger partial charge in [-0.05, 0) is 61.4 Å². The van der Waals surface area contributed by atoms with Crippen LogP contribution in [0.15, 0.2) is 40.9 Å². The molecule has 0 aliphatic rings. The summed E-state index contributed by atoms with van der Waals surface area (Å²) in [5, 5.41) is 0.680. The molecular formula is C15H12BrClO. The van der Waals surface area contributed by atoms with Crippen LogP contribution in [0.2, 0.25) is 5.02 Å². The molecule has 1 nitrogen and oxygen atoms in total. The van der Waals surface area contributed by atoms with Crippen LogP contribution in [-0.4, -0.2) is 5.78 Å². The Kier molecular flexibility index (Phi) is 3.88. The van der Waals surface area contributed by atoms with Crippen LogP contribution in [0.25, 0.3) is 0 Å². The van der Waals surface area contributed by atoms with Gasteiger partial charge in [-0.1, -0.05) is 27.5 Å². The number of benzene rings is 2. The lowest BCUT2D eigenvalue weighted by Crippen LogP contribution is -2.04. The van der Waals surface area contributed by atoms with E-state index in [0.717, 1.165) is 21.2 Å². The Morgan fingerprint density at radius 3 is 2.39 bits per heavy atom. The monoisotopic (exact) mass is 322 g/mol. The summed E-state index contributed by atoms with van der Waals surface area (Å²) in [7, 11) is 0. The second kappa shape index (κ2) is 5.25. The highest BCUT2D eigenvalue weighted by molar-refractivity contribution is 9.10. The van der Waals surface area contributed by atoms with Crippen molar-refractivity contribution in [1.29, 1.82) is 0 Å². The van der Waals surface area contributed by atoms with Gasteiger partial charge in [0.25, 0.3) is 0 Å². The zero-order valence-electron chi connectivity index (χ0n) is 10.1. The van der Waals surface area contributed by atoms with Crippen molar-refractivity contribution in [1.82, 2.24) is 0 Å². The zero-order valence-corrected chi connectivity index (χ0v) is 12.5. The van der Waals surface area contributed by atoms with Crippen molar-refractivity contribution in [3.05, 3.63) is 68.1 Å². The normalized spacial score (nSPS) is 10.4. The van der Waals surface area contributed by atoms with Gasteiger partial charge in [0.2, 0.25) is 0 Å². The predicted molar refractivity (Wildman–Crippen MR) is 78.5 cm³/mol. The molecule has 0 fully saturated rings. The van der Waals surface area contributed by atoms with Crippen LogP contribution in [0.3, 0.4) is 0 Å². The van der Waals surface area contributed by atoms with Crippen molar-refractivity contribution in [3.63, 3.8) is 0 Å². The number of carbonyl (C=O) groups excluding carboxylic acids is 1. The summed E-state index contributed by atoms with van der Waals surface area (Å²) in [5.41, 5.74) is 3.27. The average Bonchev–Trinajstić information content (AvgIpc) is 2.32. The Morgan fingerprint density at radius 2 is 1.78 bits per heavy atom. The lowest BCUT2D eigenvalue weighted by atomic mass is 9.98. The molecule has 18 heavy (non-hydrogen) atoms. The first-order valence-corrected chi connectivity index (χ1v) is 6.73. The minimum Gasteiger partial charge on any atom is -0.289 e. The molecule has 0 unspecified atom stereocenters. The second-order valence-electron chi connectivity index (χ2n) is 4.25. The maximum absolute atomic E-state index is 12.4. The Labute approximate surface area is 120 Å². The van der Waals surface area contributed by atoms with Gasteiger partial charge in [0.1, 0.15) is 0 Å². The van der Waals surface area contributed by atoms with Crippen molar-refractivity contribution in [3.8, 4) is 0 Å². The largest absolute Gasteiger partial charge is 0.289 e. The molecule has 0 aliphatic carbocycles. The van der Waals surface area contributed by atoms with Gasteiger partial charge < -0.3 is 0 Å². The van der Waals surface area contributed by atoms with E-state index in [4.69, 9.17) is 11.6 Å². The third-order valence-electron chi connectivity index (χ3n) is 2.85. The van der Waals surface area contributed by atoms with Crippen LogP contribution >= 0.6 is 27.5 Å². The molecular weight excluding hydrogens is 312 g/mol. The Balaban J connectivity index is 2.44. The summed E-state index contributed by atoms with van der Waals surface area (Å²) in [6.45, 7) is 3.83. The fourth-order valence-electron chi connectivity index (χ4n) is 1.82. The highest BCUT2D eigenvalue weighted by Crippen LogP contribution is 2.22. The molecule has 0 N–H and O–H groups in total. The van der Waals surface area contributed by atoms with Crippen molar-refractivity contribution < 1.29 is 4.79 Å². The third-order valence-corrected chi connectivity index (χ3v) is 3.77. The van der Waals surface area contributed by atoms with Gasteiger partial charge in [0, 0.05) is 20.6 Å². The quantitative estimate of drug-likeness (QED) is 0.715. The number of ketones is 1. The van der Waals surface area contributed by atoms with Crippen LogP contribution in [0.4, 0.5) is 0 Å². The summed E-state index contributed by atoms with van der Waals surface area (Å²) < 4.78 is 0.976. The van der Waals surface area contributed by atoms with Gasteiger partial charge in [-0.25, -0.2) is 0 Å². The van der Waals surface area contributed by atoms with E-state index in [1.807, 2.05) is 38.1 Å². The molecule has 0 saturated carbocycles. The maximum Gasteiger partial charge on any atom is 0.193 e. The topological polar surface area (TPSA) is 17.1 Å². The summed E-state index contributed by atoms with van der Waals surface area (Å²) in [5.74, 6) is 0.0276. The Hall–Kier alpha value is -1.12. The molecule has 0 saturated heterocycles. The van der Waals surface area contributed by atoms with Crippen molar-refractivity contribution in [2.45, 2.75) is 13.8 Å². The van der Waals surface area contributed by atoms with Crippen LogP contribution in [0, 0.1) is 13.8 Å². The highest BCUT2D eigenvalue weighted by atomic mass is 79.9. The molecule has 2 rings (SSSR count). The smallest absolute Gasteiger partial charge is 0.193 e. The van der Waals surface area contributed by atoms with E-state index in [1.54, 1.807) is 12.1 Å². The lowest BCUT2D eigenvalue weighted by Gasteiger charge is -2.07. The minimum absolute atomic E-state index is 0.0276. The van der Waals surface area contributed by atoms with Crippen LogP contribution < -0.4 is 0 Å². The van der Waals surface area contributed by atoms with E-state index < -0.39 is 0 Å². The molecule has 0 radical (unpaired) electrons.